The molecule has 1 unspecified atom stereocenters. The molecule has 0 spiro atoms. The summed E-state index contributed by atoms with van der Waals surface area (Å²) in [5.74, 6) is -0.453. The van der Waals surface area contributed by atoms with E-state index in [1.165, 1.54) is 22.7 Å². The Balaban J connectivity index is 1.63. The van der Waals surface area contributed by atoms with Crippen molar-refractivity contribution in [1.29, 1.82) is 5.26 Å². The van der Waals surface area contributed by atoms with Crippen LogP contribution in [0.1, 0.15) is 17.7 Å². The molecule has 0 radical (unpaired) electrons. The Labute approximate surface area is 194 Å². The zero-order valence-electron chi connectivity index (χ0n) is 17.7. The second kappa shape index (κ2) is 11.0. The summed E-state index contributed by atoms with van der Waals surface area (Å²) < 4.78 is 13.5. The van der Waals surface area contributed by atoms with Gasteiger partial charge in [0.25, 0.3) is 11.5 Å². The van der Waals surface area contributed by atoms with Gasteiger partial charge < -0.3 is 14.8 Å². The number of morpholine rings is 1. The SMILES string of the molecule is N#CC(C(=O)NCCN1CCOCC1)=c1sc(=Cc2cccs2)c(=O)n1CC1CCCO1. The second-order valence-corrected chi connectivity index (χ2v) is 9.69. The van der Waals surface area contributed by atoms with Crippen LogP contribution in [0.4, 0.5) is 0 Å². The highest BCUT2D eigenvalue weighted by Gasteiger charge is 2.21. The van der Waals surface area contributed by atoms with Gasteiger partial charge in [0.1, 0.15) is 10.7 Å². The number of thiazole rings is 1. The summed E-state index contributed by atoms with van der Waals surface area (Å²) >= 11 is 2.72. The molecule has 32 heavy (non-hydrogen) atoms. The molecule has 2 aromatic heterocycles. The summed E-state index contributed by atoms with van der Waals surface area (Å²) in [5.41, 5.74) is -0.222. The lowest BCUT2D eigenvalue weighted by molar-refractivity contribution is -0.115. The van der Waals surface area contributed by atoms with Crippen molar-refractivity contribution in [2.45, 2.75) is 25.5 Å². The van der Waals surface area contributed by atoms with Crippen LogP contribution >= 0.6 is 22.7 Å². The number of amides is 1. The van der Waals surface area contributed by atoms with E-state index >= 15 is 0 Å². The molecule has 2 aliphatic rings. The highest BCUT2D eigenvalue weighted by atomic mass is 32.1. The molecule has 1 N–H and O–H groups in total. The first-order chi connectivity index (χ1) is 15.7. The van der Waals surface area contributed by atoms with Gasteiger partial charge in [-0.1, -0.05) is 6.07 Å². The maximum atomic E-state index is 13.2. The van der Waals surface area contributed by atoms with Crippen LogP contribution in [0, 0.1) is 11.3 Å². The molecule has 1 amide bonds. The van der Waals surface area contributed by atoms with Crippen LogP contribution in [0.3, 0.4) is 0 Å². The molecule has 2 aliphatic heterocycles. The van der Waals surface area contributed by atoms with Gasteiger partial charge in [0, 0.05) is 37.7 Å². The number of rotatable bonds is 7. The summed E-state index contributed by atoms with van der Waals surface area (Å²) in [4.78, 5) is 29.2. The third-order valence-corrected chi connectivity index (χ3v) is 7.45. The Morgan fingerprint density at radius 3 is 2.88 bits per heavy atom. The predicted octanol–water partition coefficient (Wildman–Crippen LogP) is 0.102. The van der Waals surface area contributed by atoms with E-state index in [0.717, 1.165) is 30.8 Å². The zero-order valence-corrected chi connectivity index (χ0v) is 19.4. The van der Waals surface area contributed by atoms with Gasteiger partial charge in [0.05, 0.1) is 30.4 Å². The molecule has 10 heteroatoms. The minimum atomic E-state index is -0.453. The van der Waals surface area contributed by atoms with Crippen LogP contribution in [-0.2, 0) is 20.8 Å². The van der Waals surface area contributed by atoms with Gasteiger partial charge in [-0.3, -0.25) is 19.1 Å². The van der Waals surface area contributed by atoms with Crippen LogP contribution < -0.4 is 20.1 Å². The Bertz CT molecular complexity index is 1130. The normalized spacial score (nSPS) is 20.8. The molecule has 2 fully saturated rings. The van der Waals surface area contributed by atoms with E-state index in [9.17, 15) is 14.9 Å². The fourth-order valence-electron chi connectivity index (χ4n) is 3.80. The van der Waals surface area contributed by atoms with Gasteiger partial charge in [-0.15, -0.1) is 22.7 Å². The van der Waals surface area contributed by atoms with Crippen LogP contribution in [0.15, 0.2) is 22.3 Å². The first kappa shape index (κ1) is 22.9. The molecule has 0 bridgehead atoms. The number of ether oxygens (including phenoxy) is 2. The van der Waals surface area contributed by atoms with Crippen molar-refractivity contribution in [3.63, 3.8) is 0 Å². The number of nitrogens with zero attached hydrogens (tertiary/aromatic N) is 3. The Morgan fingerprint density at radius 2 is 2.19 bits per heavy atom. The molecular weight excluding hydrogens is 448 g/mol. The summed E-state index contributed by atoms with van der Waals surface area (Å²) in [7, 11) is 0. The van der Waals surface area contributed by atoms with Crippen molar-refractivity contribution in [3.05, 3.63) is 41.9 Å². The summed E-state index contributed by atoms with van der Waals surface area (Å²) in [6.07, 6.45) is 3.54. The van der Waals surface area contributed by atoms with Crippen molar-refractivity contribution in [1.82, 2.24) is 14.8 Å². The van der Waals surface area contributed by atoms with Crippen LogP contribution in [0.25, 0.3) is 11.6 Å². The van der Waals surface area contributed by atoms with E-state index in [2.05, 4.69) is 10.2 Å². The summed E-state index contributed by atoms with van der Waals surface area (Å²) in [6, 6.07) is 5.89. The van der Waals surface area contributed by atoms with Gasteiger partial charge in [-0.05, 0) is 30.4 Å². The van der Waals surface area contributed by atoms with Gasteiger partial charge in [-0.25, -0.2) is 0 Å². The standard InChI is InChI=1S/C22H26N4O4S2/c23-14-18(20(27)24-5-6-25-7-10-29-11-8-25)22-26(15-16-3-1-9-30-16)21(28)19(32-22)13-17-4-2-12-31-17/h2,4,12-13,16H,1,3,5-11,15H2,(H,24,27). The number of nitrogens with one attached hydrogen (secondary N) is 1. The van der Waals surface area contributed by atoms with Crippen molar-refractivity contribution in [2.75, 3.05) is 46.0 Å². The zero-order chi connectivity index (χ0) is 22.3. The van der Waals surface area contributed by atoms with Crippen molar-refractivity contribution < 1.29 is 14.3 Å². The Kier molecular flexibility index (Phi) is 7.89. The van der Waals surface area contributed by atoms with Crippen LogP contribution in [-0.4, -0.2) is 67.5 Å². The van der Waals surface area contributed by atoms with Gasteiger partial charge in [0.2, 0.25) is 0 Å². The maximum absolute atomic E-state index is 13.2. The molecule has 0 aromatic carbocycles. The predicted molar refractivity (Wildman–Crippen MR) is 124 cm³/mol. The number of thiophene rings is 1. The molecule has 4 rings (SSSR count). The average Bonchev–Trinajstić information content (AvgIpc) is 3.56. The third kappa shape index (κ3) is 5.54. The molecule has 4 heterocycles. The van der Waals surface area contributed by atoms with Crippen molar-refractivity contribution in [2.24, 2.45) is 0 Å². The number of carbonyl (C=O) groups is 1. The van der Waals surface area contributed by atoms with Gasteiger partial charge in [0.15, 0.2) is 5.57 Å². The van der Waals surface area contributed by atoms with Crippen LogP contribution in [0.5, 0.6) is 0 Å². The fraction of sp³-hybridized carbons (Fsp3) is 0.500. The fourth-order valence-corrected chi connectivity index (χ4v) is 5.63. The molecule has 0 saturated carbocycles. The Morgan fingerprint density at radius 1 is 1.34 bits per heavy atom. The van der Waals surface area contributed by atoms with Crippen LogP contribution in [0.2, 0.25) is 0 Å². The topological polar surface area (TPSA) is 96.6 Å². The minimum Gasteiger partial charge on any atom is -0.379 e. The number of carbonyl (C=O) groups excluding carboxylic acids is 1. The third-order valence-electron chi connectivity index (χ3n) is 5.50. The van der Waals surface area contributed by atoms with E-state index in [-0.39, 0.29) is 17.2 Å². The first-order valence-electron chi connectivity index (χ1n) is 10.7. The summed E-state index contributed by atoms with van der Waals surface area (Å²) in [6.45, 7) is 5.18. The monoisotopic (exact) mass is 474 g/mol. The molecule has 8 nitrogen and oxygen atoms in total. The van der Waals surface area contributed by atoms with Gasteiger partial charge >= 0.3 is 0 Å². The van der Waals surface area contributed by atoms with E-state index in [0.29, 0.717) is 48.7 Å². The summed E-state index contributed by atoms with van der Waals surface area (Å²) in [5, 5.41) is 14.6. The highest BCUT2D eigenvalue weighted by Crippen LogP contribution is 2.13. The smallest absolute Gasteiger partial charge is 0.269 e. The lowest BCUT2D eigenvalue weighted by Gasteiger charge is -2.26. The maximum Gasteiger partial charge on any atom is 0.269 e. The van der Waals surface area contributed by atoms with Gasteiger partial charge in [-0.2, -0.15) is 5.26 Å². The van der Waals surface area contributed by atoms with E-state index in [4.69, 9.17) is 9.47 Å². The molecule has 170 valence electrons. The lowest BCUT2D eigenvalue weighted by Crippen LogP contribution is -2.42. The molecular formula is C22H26N4O4S2. The minimum absolute atomic E-state index is 0.0297. The molecule has 2 saturated heterocycles. The van der Waals surface area contributed by atoms with E-state index in [1.807, 2.05) is 29.7 Å². The number of hydrogen-bond acceptors (Lipinski definition) is 8. The molecule has 1 atom stereocenters. The van der Waals surface area contributed by atoms with E-state index < -0.39 is 5.91 Å². The van der Waals surface area contributed by atoms with E-state index in [1.54, 1.807) is 4.57 Å². The molecule has 2 aromatic rings. The van der Waals surface area contributed by atoms with Crippen molar-refractivity contribution in [3.8, 4) is 6.07 Å². The van der Waals surface area contributed by atoms with Crippen molar-refractivity contribution >= 4 is 40.2 Å². The largest absolute Gasteiger partial charge is 0.379 e. The Hall–Kier alpha value is -2.29. The number of nitriles is 1. The average molecular weight is 475 g/mol. The second-order valence-electron chi connectivity index (χ2n) is 7.68. The first-order valence-corrected chi connectivity index (χ1v) is 12.4. The number of hydrogen-bond donors (Lipinski definition) is 1. The quantitative estimate of drug-likeness (QED) is 0.612. The lowest BCUT2D eigenvalue weighted by atomic mass is 10.2. The number of aromatic nitrogens is 1. The highest BCUT2D eigenvalue weighted by molar-refractivity contribution is 7.11. The molecule has 0 aliphatic carbocycles.